The van der Waals surface area contributed by atoms with Crippen molar-refractivity contribution in [2.24, 2.45) is 0 Å². The molecular weight excluding hydrogens is 184 g/mol. The van der Waals surface area contributed by atoms with Gasteiger partial charge in [-0.3, -0.25) is 0 Å². The highest BCUT2D eigenvalue weighted by Crippen LogP contribution is 2.09. The molecule has 0 N–H and O–H groups in total. The molecule has 2 atom stereocenters. The van der Waals surface area contributed by atoms with Gasteiger partial charge in [-0.25, -0.2) is 0 Å². The molecule has 0 aromatic carbocycles. The van der Waals surface area contributed by atoms with Gasteiger partial charge in [-0.1, -0.05) is 52.0 Å². The van der Waals surface area contributed by atoms with Gasteiger partial charge in [0, 0.05) is 0 Å². The van der Waals surface area contributed by atoms with Crippen molar-refractivity contribution in [3.05, 3.63) is 24.3 Å². The van der Waals surface area contributed by atoms with Gasteiger partial charge in [0.25, 0.3) is 0 Å². The zero-order valence-electron chi connectivity index (χ0n) is 10.7. The SMILES string of the molecule is CCC=CC(CC)OC(C=CCC)CC. The number of rotatable bonds is 8. The zero-order chi connectivity index (χ0) is 11.5. The van der Waals surface area contributed by atoms with Gasteiger partial charge in [0.1, 0.15) is 0 Å². The molecule has 0 bridgehead atoms. The maximum Gasteiger partial charge on any atom is 0.0761 e. The lowest BCUT2D eigenvalue weighted by Crippen LogP contribution is -2.17. The Hall–Kier alpha value is -0.560. The van der Waals surface area contributed by atoms with Gasteiger partial charge in [0.05, 0.1) is 12.2 Å². The van der Waals surface area contributed by atoms with Crippen LogP contribution in [0.2, 0.25) is 0 Å². The van der Waals surface area contributed by atoms with E-state index in [9.17, 15) is 0 Å². The number of allylic oxidation sites excluding steroid dienone is 2. The first-order valence-corrected chi connectivity index (χ1v) is 6.27. The second-order valence-corrected chi connectivity index (χ2v) is 3.70. The minimum Gasteiger partial charge on any atom is -0.367 e. The molecule has 88 valence electrons. The fraction of sp³-hybridized carbons (Fsp3) is 0.714. The van der Waals surface area contributed by atoms with Crippen molar-refractivity contribution < 1.29 is 4.74 Å². The van der Waals surface area contributed by atoms with E-state index in [2.05, 4.69) is 52.0 Å². The second kappa shape index (κ2) is 9.97. The first kappa shape index (κ1) is 14.4. The van der Waals surface area contributed by atoms with Crippen molar-refractivity contribution in [2.75, 3.05) is 0 Å². The number of ether oxygens (including phenoxy) is 1. The average molecular weight is 210 g/mol. The van der Waals surface area contributed by atoms with Gasteiger partial charge in [0.2, 0.25) is 0 Å². The Morgan fingerprint density at radius 3 is 1.47 bits per heavy atom. The molecule has 0 radical (unpaired) electrons. The van der Waals surface area contributed by atoms with Gasteiger partial charge in [-0.15, -0.1) is 0 Å². The van der Waals surface area contributed by atoms with E-state index < -0.39 is 0 Å². The predicted molar refractivity (Wildman–Crippen MR) is 68.1 cm³/mol. The standard InChI is InChI=1S/C14H26O/c1-5-9-11-13(7-3)15-14(8-4)12-10-6-2/h9-14H,5-8H2,1-4H3. The highest BCUT2D eigenvalue weighted by molar-refractivity contribution is 4.93. The Morgan fingerprint density at radius 1 is 0.800 bits per heavy atom. The fourth-order valence-corrected chi connectivity index (χ4v) is 1.36. The molecule has 15 heavy (non-hydrogen) atoms. The minimum atomic E-state index is 0.274. The normalized spacial score (nSPS) is 16.3. The predicted octanol–water partition coefficient (Wildman–Crippen LogP) is 4.49. The van der Waals surface area contributed by atoms with Crippen molar-refractivity contribution >= 4 is 0 Å². The molecule has 0 fully saturated rings. The topological polar surface area (TPSA) is 9.23 Å². The van der Waals surface area contributed by atoms with Crippen LogP contribution in [0.1, 0.15) is 53.4 Å². The fourth-order valence-electron chi connectivity index (χ4n) is 1.36. The Balaban J connectivity index is 4.11. The van der Waals surface area contributed by atoms with Crippen molar-refractivity contribution in [3.63, 3.8) is 0 Å². The molecule has 0 spiro atoms. The van der Waals surface area contributed by atoms with E-state index in [1.54, 1.807) is 0 Å². The van der Waals surface area contributed by atoms with Gasteiger partial charge >= 0.3 is 0 Å². The van der Waals surface area contributed by atoms with Crippen LogP contribution in [0.25, 0.3) is 0 Å². The molecule has 0 aromatic rings. The summed E-state index contributed by atoms with van der Waals surface area (Å²) in [6.45, 7) is 8.64. The van der Waals surface area contributed by atoms with Crippen LogP contribution in [0, 0.1) is 0 Å². The molecule has 0 rings (SSSR count). The van der Waals surface area contributed by atoms with Crippen LogP contribution in [0.5, 0.6) is 0 Å². The molecule has 0 saturated carbocycles. The summed E-state index contributed by atoms with van der Waals surface area (Å²) < 4.78 is 5.98. The molecule has 0 aliphatic heterocycles. The Bertz CT molecular complexity index is 162. The van der Waals surface area contributed by atoms with Crippen molar-refractivity contribution in [1.82, 2.24) is 0 Å². The maximum absolute atomic E-state index is 5.98. The third-order valence-corrected chi connectivity index (χ3v) is 2.33. The van der Waals surface area contributed by atoms with Gasteiger partial charge < -0.3 is 4.74 Å². The number of hydrogen-bond donors (Lipinski definition) is 0. The Labute approximate surface area is 95.2 Å². The average Bonchev–Trinajstić information content (AvgIpc) is 2.28. The third-order valence-electron chi connectivity index (χ3n) is 2.33. The van der Waals surface area contributed by atoms with Gasteiger partial charge in [-0.05, 0) is 25.7 Å². The summed E-state index contributed by atoms with van der Waals surface area (Å²) in [7, 11) is 0. The molecule has 0 aliphatic rings. The van der Waals surface area contributed by atoms with Gasteiger partial charge in [0.15, 0.2) is 0 Å². The van der Waals surface area contributed by atoms with Crippen LogP contribution < -0.4 is 0 Å². The van der Waals surface area contributed by atoms with Gasteiger partial charge in [-0.2, -0.15) is 0 Å². The van der Waals surface area contributed by atoms with Crippen molar-refractivity contribution in [3.8, 4) is 0 Å². The van der Waals surface area contributed by atoms with Crippen LogP contribution in [-0.4, -0.2) is 12.2 Å². The smallest absolute Gasteiger partial charge is 0.0761 e. The summed E-state index contributed by atoms with van der Waals surface area (Å²) in [5.74, 6) is 0. The molecule has 0 aromatic heterocycles. The largest absolute Gasteiger partial charge is 0.367 e. The summed E-state index contributed by atoms with van der Waals surface area (Å²) in [6, 6.07) is 0. The zero-order valence-corrected chi connectivity index (χ0v) is 10.7. The lowest BCUT2D eigenvalue weighted by molar-refractivity contribution is 0.0373. The maximum atomic E-state index is 5.98. The van der Waals surface area contributed by atoms with Crippen molar-refractivity contribution in [1.29, 1.82) is 0 Å². The van der Waals surface area contributed by atoms with Crippen molar-refractivity contribution in [2.45, 2.75) is 65.6 Å². The first-order chi connectivity index (χ1) is 7.28. The third kappa shape index (κ3) is 7.38. The first-order valence-electron chi connectivity index (χ1n) is 6.27. The van der Waals surface area contributed by atoms with Crippen LogP contribution in [0.3, 0.4) is 0 Å². The molecule has 0 saturated heterocycles. The Kier molecular flexibility index (Phi) is 9.60. The lowest BCUT2D eigenvalue weighted by atomic mass is 10.2. The summed E-state index contributed by atoms with van der Waals surface area (Å²) in [5, 5.41) is 0. The quantitative estimate of drug-likeness (QED) is 0.536. The van der Waals surface area contributed by atoms with Crippen LogP contribution >= 0.6 is 0 Å². The highest BCUT2D eigenvalue weighted by atomic mass is 16.5. The van der Waals surface area contributed by atoms with E-state index in [4.69, 9.17) is 4.74 Å². The number of hydrogen-bond acceptors (Lipinski definition) is 1. The molecule has 0 amide bonds. The van der Waals surface area contributed by atoms with E-state index in [1.807, 2.05) is 0 Å². The van der Waals surface area contributed by atoms with Crippen LogP contribution in [0.15, 0.2) is 24.3 Å². The summed E-state index contributed by atoms with van der Waals surface area (Å²) in [5.41, 5.74) is 0. The Morgan fingerprint density at radius 2 is 1.20 bits per heavy atom. The van der Waals surface area contributed by atoms with Crippen LogP contribution in [0.4, 0.5) is 0 Å². The van der Waals surface area contributed by atoms with E-state index in [0.29, 0.717) is 0 Å². The van der Waals surface area contributed by atoms with E-state index in [1.165, 1.54) is 0 Å². The summed E-state index contributed by atoms with van der Waals surface area (Å²) in [4.78, 5) is 0. The molecule has 2 unspecified atom stereocenters. The summed E-state index contributed by atoms with van der Waals surface area (Å²) in [6.07, 6.45) is 13.6. The summed E-state index contributed by atoms with van der Waals surface area (Å²) >= 11 is 0. The minimum absolute atomic E-state index is 0.274. The van der Waals surface area contributed by atoms with E-state index >= 15 is 0 Å². The van der Waals surface area contributed by atoms with E-state index in [0.717, 1.165) is 25.7 Å². The molecule has 0 aliphatic carbocycles. The molecule has 0 heterocycles. The second-order valence-electron chi connectivity index (χ2n) is 3.70. The lowest BCUT2D eigenvalue weighted by Gasteiger charge is -2.18. The molecule has 1 nitrogen and oxygen atoms in total. The highest BCUT2D eigenvalue weighted by Gasteiger charge is 2.07. The monoisotopic (exact) mass is 210 g/mol. The van der Waals surface area contributed by atoms with Crippen LogP contribution in [-0.2, 0) is 4.74 Å². The van der Waals surface area contributed by atoms with E-state index in [-0.39, 0.29) is 12.2 Å². The molecule has 1 heteroatoms. The molecular formula is C14H26O.